The first-order valence-electron chi connectivity index (χ1n) is 15.2. The molecular weight excluding hydrogens is 548 g/mol. The van der Waals surface area contributed by atoms with Gasteiger partial charge < -0.3 is 34.3 Å². The zero-order chi connectivity index (χ0) is 31.9. The molecule has 1 aromatic carbocycles. The number of anilines is 1. The number of aryl methyl sites for hydroxylation is 2. The van der Waals surface area contributed by atoms with Gasteiger partial charge in [-0.1, -0.05) is 0 Å². The van der Waals surface area contributed by atoms with Crippen molar-refractivity contribution in [2.75, 3.05) is 38.8 Å². The van der Waals surface area contributed by atoms with Crippen molar-refractivity contribution in [3.63, 3.8) is 0 Å². The third-order valence-corrected chi connectivity index (χ3v) is 8.06. The zero-order valence-corrected chi connectivity index (χ0v) is 27.4. The monoisotopic (exact) mass is 598 g/mol. The maximum absolute atomic E-state index is 13.6. The highest BCUT2D eigenvalue weighted by Crippen LogP contribution is 2.35. The molecule has 238 valence electrons. The molecule has 0 bridgehead atoms. The number of carbonyl (C=O) groups is 2. The molecule has 2 N–H and O–H groups in total. The molecule has 2 amide bonds. The van der Waals surface area contributed by atoms with Crippen LogP contribution in [0.4, 0.5) is 10.5 Å². The van der Waals surface area contributed by atoms with Crippen LogP contribution in [0, 0.1) is 20.8 Å². The molecule has 10 nitrogen and oxygen atoms in total. The quantitative estimate of drug-likeness (QED) is 0.339. The number of carbonyl (C=O) groups excluding carboxylic acids is 2. The van der Waals surface area contributed by atoms with Gasteiger partial charge in [0.2, 0.25) is 0 Å². The van der Waals surface area contributed by atoms with Crippen LogP contribution in [0.2, 0.25) is 0 Å². The fraction of sp³-hybridized carbons (Fsp3) is 0.606. The van der Waals surface area contributed by atoms with E-state index in [-0.39, 0.29) is 36.2 Å². The van der Waals surface area contributed by atoms with Crippen LogP contribution in [-0.2, 0) is 16.0 Å². The van der Waals surface area contributed by atoms with Gasteiger partial charge in [-0.2, -0.15) is 0 Å². The van der Waals surface area contributed by atoms with E-state index in [4.69, 9.17) is 14.2 Å². The Morgan fingerprint density at radius 1 is 1.02 bits per heavy atom. The molecule has 43 heavy (non-hydrogen) atoms. The summed E-state index contributed by atoms with van der Waals surface area (Å²) in [5.74, 6) is 0.318. The molecule has 1 fully saturated rings. The number of hydrogen-bond donors (Lipinski definition) is 2. The lowest BCUT2D eigenvalue weighted by atomic mass is 9.88. The maximum atomic E-state index is 13.6. The molecule has 10 heteroatoms. The number of hydrogen-bond acceptors (Lipinski definition) is 7. The molecule has 0 aliphatic heterocycles. The van der Waals surface area contributed by atoms with E-state index in [1.165, 1.54) is 0 Å². The predicted molar refractivity (Wildman–Crippen MR) is 169 cm³/mol. The Hall–Kier alpha value is -3.53. The molecule has 0 saturated heterocycles. The van der Waals surface area contributed by atoms with Crippen LogP contribution in [0.1, 0.15) is 86.1 Å². The van der Waals surface area contributed by atoms with Crippen molar-refractivity contribution in [2.24, 2.45) is 0 Å². The first kappa shape index (κ1) is 34.0. The summed E-state index contributed by atoms with van der Waals surface area (Å²) >= 11 is 0. The van der Waals surface area contributed by atoms with Crippen LogP contribution in [0.15, 0.2) is 23.0 Å². The summed E-state index contributed by atoms with van der Waals surface area (Å²) in [6.07, 6.45) is 3.22. The Labute approximate surface area is 256 Å². The minimum Gasteiger partial charge on any atom is -0.491 e. The average Bonchev–Trinajstić information content (AvgIpc) is 2.93. The number of aromatic nitrogens is 1. The SMILES string of the molecule is CCN(c1cc(OCCOC)cc(C(=O)NCc2c(C)cc(C)[nH]c2=O)c1C)[C@H]1CC[C@H](N(C)C(=O)OC(C)(C)C)CC1. The molecule has 3 rings (SSSR count). The lowest BCUT2D eigenvalue weighted by Crippen LogP contribution is -2.46. The van der Waals surface area contributed by atoms with E-state index in [1.807, 2.05) is 60.7 Å². The van der Waals surface area contributed by atoms with Crippen LogP contribution in [-0.4, -0.2) is 73.5 Å². The fourth-order valence-corrected chi connectivity index (χ4v) is 5.76. The molecule has 0 spiro atoms. The van der Waals surface area contributed by atoms with Gasteiger partial charge in [-0.25, -0.2) is 4.79 Å². The van der Waals surface area contributed by atoms with Gasteiger partial charge in [0.05, 0.1) is 6.61 Å². The number of benzene rings is 1. The number of ether oxygens (including phenoxy) is 3. The molecule has 1 aromatic heterocycles. The van der Waals surface area contributed by atoms with Crippen molar-refractivity contribution in [3.8, 4) is 5.75 Å². The fourth-order valence-electron chi connectivity index (χ4n) is 5.76. The minimum atomic E-state index is -0.534. The van der Waals surface area contributed by atoms with E-state index in [9.17, 15) is 14.4 Å². The Kier molecular flexibility index (Phi) is 11.7. The minimum absolute atomic E-state index is 0.115. The molecule has 0 radical (unpaired) electrons. The number of aromatic amines is 1. The Morgan fingerprint density at radius 3 is 2.26 bits per heavy atom. The highest BCUT2D eigenvalue weighted by Gasteiger charge is 2.32. The summed E-state index contributed by atoms with van der Waals surface area (Å²) in [6.45, 7) is 15.1. The molecule has 1 saturated carbocycles. The van der Waals surface area contributed by atoms with E-state index >= 15 is 0 Å². The third-order valence-electron chi connectivity index (χ3n) is 8.06. The van der Waals surface area contributed by atoms with E-state index in [2.05, 4.69) is 22.1 Å². The Bertz CT molecular complexity index is 1320. The highest BCUT2D eigenvalue weighted by atomic mass is 16.6. The molecule has 0 unspecified atom stereocenters. The van der Waals surface area contributed by atoms with Gasteiger partial charge in [-0.15, -0.1) is 0 Å². The number of nitrogens with zero attached hydrogens (tertiary/aromatic N) is 2. The van der Waals surface area contributed by atoms with Crippen LogP contribution < -0.4 is 20.5 Å². The second kappa shape index (κ2) is 14.8. The topological polar surface area (TPSA) is 113 Å². The number of rotatable bonds is 11. The smallest absolute Gasteiger partial charge is 0.410 e. The summed E-state index contributed by atoms with van der Waals surface area (Å²) < 4.78 is 16.8. The Balaban J connectivity index is 1.83. The first-order chi connectivity index (χ1) is 20.2. The van der Waals surface area contributed by atoms with Gasteiger partial charge in [-0.05, 0) is 97.4 Å². The summed E-state index contributed by atoms with van der Waals surface area (Å²) in [6, 6.07) is 6.01. The summed E-state index contributed by atoms with van der Waals surface area (Å²) in [4.78, 5) is 45.6. The van der Waals surface area contributed by atoms with E-state index in [1.54, 1.807) is 18.1 Å². The molecule has 1 heterocycles. The summed E-state index contributed by atoms with van der Waals surface area (Å²) in [7, 11) is 3.44. The molecule has 0 atom stereocenters. The zero-order valence-electron chi connectivity index (χ0n) is 27.4. The van der Waals surface area contributed by atoms with E-state index < -0.39 is 5.60 Å². The Morgan fingerprint density at radius 2 is 1.67 bits per heavy atom. The predicted octanol–water partition coefficient (Wildman–Crippen LogP) is 5.26. The standard InChI is InChI=1S/C33H50N4O6/c1-10-37(25-13-11-24(12-14-25)36(8)32(40)43-33(5,6)7)29-19-26(42-16-15-41-9)18-27(23(29)4)30(38)34-20-28-21(2)17-22(3)35-31(28)39/h17-19,24-25H,10-16,20H2,1-9H3,(H,34,38)(H,35,39)/t24-,25-. The van der Waals surface area contributed by atoms with Gasteiger partial charge in [0.15, 0.2) is 0 Å². The summed E-state index contributed by atoms with van der Waals surface area (Å²) in [5.41, 5.74) is 3.71. The number of nitrogens with one attached hydrogen (secondary N) is 2. The van der Waals surface area contributed by atoms with Crippen molar-refractivity contribution in [3.05, 3.63) is 56.5 Å². The number of methoxy groups -OCH3 is 1. The highest BCUT2D eigenvalue weighted by molar-refractivity contribution is 5.97. The van der Waals surface area contributed by atoms with Crippen molar-refractivity contribution in [1.29, 1.82) is 0 Å². The normalized spacial score (nSPS) is 16.9. The molecular formula is C33H50N4O6. The lowest BCUT2D eigenvalue weighted by molar-refractivity contribution is 0.0183. The first-order valence-corrected chi connectivity index (χ1v) is 15.2. The van der Waals surface area contributed by atoms with Crippen LogP contribution in [0.3, 0.4) is 0 Å². The van der Waals surface area contributed by atoms with Gasteiger partial charge in [-0.3, -0.25) is 9.59 Å². The van der Waals surface area contributed by atoms with Gasteiger partial charge in [0, 0.05) is 67.9 Å². The van der Waals surface area contributed by atoms with E-state index in [0.29, 0.717) is 30.1 Å². The van der Waals surface area contributed by atoms with Crippen molar-refractivity contribution < 1.29 is 23.8 Å². The van der Waals surface area contributed by atoms with Gasteiger partial charge >= 0.3 is 6.09 Å². The van der Waals surface area contributed by atoms with Crippen molar-refractivity contribution >= 4 is 17.7 Å². The van der Waals surface area contributed by atoms with Crippen molar-refractivity contribution in [1.82, 2.24) is 15.2 Å². The second-order valence-corrected chi connectivity index (χ2v) is 12.4. The average molecular weight is 599 g/mol. The lowest BCUT2D eigenvalue weighted by Gasteiger charge is -2.41. The molecule has 1 aliphatic rings. The van der Waals surface area contributed by atoms with Crippen molar-refractivity contribution in [2.45, 2.75) is 98.4 Å². The van der Waals surface area contributed by atoms with Crippen LogP contribution in [0.25, 0.3) is 0 Å². The second-order valence-electron chi connectivity index (χ2n) is 12.4. The van der Waals surface area contributed by atoms with Gasteiger partial charge in [0.25, 0.3) is 11.5 Å². The number of H-pyrrole nitrogens is 1. The van der Waals surface area contributed by atoms with Crippen LogP contribution >= 0.6 is 0 Å². The third kappa shape index (κ3) is 8.98. The van der Waals surface area contributed by atoms with Crippen LogP contribution in [0.5, 0.6) is 5.75 Å². The number of amides is 2. The summed E-state index contributed by atoms with van der Waals surface area (Å²) in [5, 5.41) is 2.95. The van der Waals surface area contributed by atoms with Gasteiger partial charge in [0.1, 0.15) is 18.0 Å². The van der Waals surface area contributed by atoms with E-state index in [0.717, 1.165) is 54.7 Å². The number of pyridine rings is 1. The molecule has 2 aromatic rings. The largest absolute Gasteiger partial charge is 0.491 e. The maximum Gasteiger partial charge on any atom is 0.410 e. The molecule has 1 aliphatic carbocycles.